The fraction of sp³-hybridized carbons (Fsp3) is 0.154. The van der Waals surface area contributed by atoms with Crippen LogP contribution in [0.1, 0.15) is 11.3 Å². The molecule has 2 aromatic rings. The number of hydrogen-bond donors (Lipinski definition) is 0. The van der Waals surface area contributed by atoms with Crippen LogP contribution in [-0.4, -0.2) is 4.98 Å². The highest BCUT2D eigenvalue weighted by molar-refractivity contribution is 5.59. The molecule has 17 heavy (non-hydrogen) atoms. The van der Waals surface area contributed by atoms with Gasteiger partial charge in [0.05, 0.1) is 5.69 Å². The summed E-state index contributed by atoms with van der Waals surface area (Å²) < 4.78 is 37.5. The predicted molar refractivity (Wildman–Crippen MR) is 59.4 cm³/mol. The third-order valence-electron chi connectivity index (χ3n) is 2.39. The molecule has 1 heterocycles. The van der Waals surface area contributed by atoms with Gasteiger partial charge in [-0.05, 0) is 19.1 Å². The Labute approximate surface area is 96.9 Å². The molecule has 1 aromatic carbocycles. The Morgan fingerprint density at radius 3 is 2.18 bits per heavy atom. The monoisotopic (exact) mass is 237 g/mol. The Bertz CT molecular complexity index is 515. The lowest BCUT2D eigenvalue weighted by Crippen LogP contribution is -2.07. The Morgan fingerprint density at radius 2 is 1.59 bits per heavy atom. The highest BCUT2D eigenvalue weighted by Crippen LogP contribution is 2.29. The summed E-state index contributed by atoms with van der Waals surface area (Å²) in [5.41, 5.74) is 1.21. The van der Waals surface area contributed by atoms with Crippen molar-refractivity contribution < 1.29 is 13.2 Å². The molecule has 0 saturated heterocycles. The first-order valence-electron chi connectivity index (χ1n) is 5.08. The third kappa shape index (κ3) is 2.64. The number of pyridine rings is 1. The van der Waals surface area contributed by atoms with E-state index in [2.05, 4.69) is 4.98 Å². The Hall–Kier alpha value is -1.84. The van der Waals surface area contributed by atoms with Crippen molar-refractivity contribution in [2.24, 2.45) is 0 Å². The Morgan fingerprint density at radius 1 is 0.941 bits per heavy atom. The van der Waals surface area contributed by atoms with Gasteiger partial charge >= 0.3 is 6.18 Å². The average Bonchev–Trinajstić information content (AvgIpc) is 2.29. The van der Waals surface area contributed by atoms with Crippen LogP contribution in [0.5, 0.6) is 0 Å². The van der Waals surface area contributed by atoms with Crippen molar-refractivity contribution >= 4 is 0 Å². The lowest BCUT2D eigenvalue weighted by molar-refractivity contribution is -0.141. The van der Waals surface area contributed by atoms with Gasteiger partial charge in [-0.1, -0.05) is 35.9 Å². The van der Waals surface area contributed by atoms with Gasteiger partial charge in [-0.3, -0.25) is 0 Å². The highest BCUT2D eigenvalue weighted by atomic mass is 19.4. The lowest BCUT2D eigenvalue weighted by atomic mass is 10.1. The first kappa shape index (κ1) is 11.6. The third-order valence-corrected chi connectivity index (χ3v) is 2.39. The standard InChI is InChI=1S/C13H10F3N/c1-9-5-7-10(8-6-9)11-3-2-4-12(17-11)13(14,15)16/h2-8H,1H3. The fourth-order valence-corrected chi connectivity index (χ4v) is 1.48. The number of aromatic nitrogens is 1. The molecule has 0 aliphatic heterocycles. The van der Waals surface area contributed by atoms with E-state index in [1.165, 1.54) is 6.07 Å². The molecule has 0 spiro atoms. The molecule has 0 aliphatic rings. The second-order valence-electron chi connectivity index (χ2n) is 3.77. The zero-order chi connectivity index (χ0) is 12.5. The summed E-state index contributed by atoms with van der Waals surface area (Å²) in [5, 5.41) is 0. The van der Waals surface area contributed by atoms with Crippen molar-refractivity contribution in [1.29, 1.82) is 0 Å². The second-order valence-corrected chi connectivity index (χ2v) is 3.77. The van der Waals surface area contributed by atoms with Gasteiger partial charge in [-0.2, -0.15) is 13.2 Å². The van der Waals surface area contributed by atoms with Crippen molar-refractivity contribution in [1.82, 2.24) is 4.98 Å². The van der Waals surface area contributed by atoms with E-state index in [9.17, 15) is 13.2 Å². The van der Waals surface area contributed by atoms with Crippen LogP contribution in [-0.2, 0) is 6.18 Å². The van der Waals surface area contributed by atoms with E-state index in [-0.39, 0.29) is 0 Å². The maximum atomic E-state index is 12.5. The van der Waals surface area contributed by atoms with E-state index in [4.69, 9.17) is 0 Å². The van der Waals surface area contributed by atoms with E-state index in [0.29, 0.717) is 11.3 Å². The number of alkyl halides is 3. The molecule has 88 valence electrons. The van der Waals surface area contributed by atoms with Crippen LogP contribution in [0.3, 0.4) is 0 Å². The molecule has 0 bridgehead atoms. The van der Waals surface area contributed by atoms with Gasteiger partial charge in [0.2, 0.25) is 0 Å². The number of halogens is 3. The van der Waals surface area contributed by atoms with Gasteiger partial charge < -0.3 is 0 Å². The first-order valence-corrected chi connectivity index (χ1v) is 5.08. The molecular weight excluding hydrogens is 227 g/mol. The van der Waals surface area contributed by atoms with E-state index < -0.39 is 11.9 Å². The van der Waals surface area contributed by atoms with Gasteiger partial charge in [0, 0.05) is 5.56 Å². The number of rotatable bonds is 1. The smallest absolute Gasteiger partial charge is 0.243 e. The number of benzene rings is 1. The molecule has 0 radical (unpaired) electrons. The van der Waals surface area contributed by atoms with E-state index >= 15 is 0 Å². The van der Waals surface area contributed by atoms with E-state index in [1.54, 1.807) is 18.2 Å². The van der Waals surface area contributed by atoms with Gasteiger partial charge in [-0.15, -0.1) is 0 Å². The van der Waals surface area contributed by atoms with Crippen LogP contribution < -0.4 is 0 Å². The van der Waals surface area contributed by atoms with Crippen LogP contribution >= 0.6 is 0 Å². The second kappa shape index (κ2) is 4.20. The minimum absolute atomic E-state index is 0.333. The van der Waals surface area contributed by atoms with Crippen molar-refractivity contribution in [2.45, 2.75) is 13.1 Å². The van der Waals surface area contributed by atoms with Gasteiger partial charge in [-0.25, -0.2) is 4.98 Å². The van der Waals surface area contributed by atoms with Crippen molar-refractivity contribution in [2.75, 3.05) is 0 Å². The zero-order valence-electron chi connectivity index (χ0n) is 9.12. The zero-order valence-corrected chi connectivity index (χ0v) is 9.12. The molecule has 0 fully saturated rings. The molecule has 2 rings (SSSR count). The molecular formula is C13H10F3N. The fourth-order valence-electron chi connectivity index (χ4n) is 1.48. The first-order chi connectivity index (χ1) is 7.97. The topological polar surface area (TPSA) is 12.9 Å². The number of hydrogen-bond acceptors (Lipinski definition) is 1. The van der Waals surface area contributed by atoms with Crippen LogP contribution in [0.2, 0.25) is 0 Å². The van der Waals surface area contributed by atoms with Crippen LogP contribution in [0, 0.1) is 6.92 Å². The largest absolute Gasteiger partial charge is 0.433 e. The average molecular weight is 237 g/mol. The SMILES string of the molecule is Cc1ccc(-c2cccc(C(F)(F)F)n2)cc1. The van der Waals surface area contributed by atoms with E-state index in [1.807, 2.05) is 19.1 Å². The van der Waals surface area contributed by atoms with Crippen LogP contribution in [0.4, 0.5) is 13.2 Å². The molecule has 0 N–H and O–H groups in total. The normalized spacial score (nSPS) is 11.5. The van der Waals surface area contributed by atoms with Crippen molar-refractivity contribution in [3.63, 3.8) is 0 Å². The summed E-state index contributed by atoms with van der Waals surface area (Å²) in [6.45, 7) is 1.92. The summed E-state index contributed by atoms with van der Waals surface area (Å²) in [5.74, 6) is 0. The Balaban J connectivity index is 2.43. The molecule has 4 heteroatoms. The maximum absolute atomic E-state index is 12.5. The number of nitrogens with zero attached hydrogens (tertiary/aromatic N) is 1. The molecule has 1 aromatic heterocycles. The molecule has 0 saturated carbocycles. The lowest BCUT2D eigenvalue weighted by Gasteiger charge is -2.07. The van der Waals surface area contributed by atoms with E-state index in [0.717, 1.165) is 11.6 Å². The number of aryl methyl sites for hydroxylation is 1. The summed E-state index contributed by atoms with van der Waals surface area (Å²) in [6.07, 6.45) is -4.40. The summed E-state index contributed by atoms with van der Waals surface area (Å²) in [7, 11) is 0. The molecule has 0 amide bonds. The molecule has 0 atom stereocenters. The van der Waals surface area contributed by atoms with Crippen LogP contribution in [0.15, 0.2) is 42.5 Å². The summed E-state index contributed by atoms with van der Waals surface area (Å²) >= 11 is 0. The Kier molecular flexibility index (Phi) is 2.88. The van der Waals surface area contributed by atoms with Crippen molar-refractivity contribution in [3.05, 3.63) is 53.7 Å². The summed E-state index contributed by atoms with van der Waals surface area (Å²) in [6, 6.07) is 11.1. The van der Waals surface area contributed by atoms with Crippen molar-refractivity contribution in [3.8, 4) is 11.3 Å². The van der Waals surface area contributed by atoms with Crippen LogP contribution in [0.25, 0.3) is 11.3 Å². The molecule has 1 nitrogen and oxygen atoms in total. The van der Waals surface area contributed by atoms with Gasteiger partial charge in [0.15, 0.2) is 0 Å². The minimum Gasteiger partial charge on any atom is -0.243 e. The summed E-state index contributed by atoms with van der Waals surface area (Å²) in [4.78, 5) is 3.62. The predicted octanol–water partition coefficient (Wildman–Crippen LogP) is 4.08. The van der Waals surface area contributed by atoms with Gasteiger partial charge in [0.1, 0.15) is 5.69 Å². The highest BCUT2D eigenvalue weighted by Gasteiger charge is 2.32. The molecule has 0 aliphatic carbocycles. The maximum Gasteiger partial charge on any atom is 0.433 e. The minimum atomic E-state index is -4.40. The van der Waals surface area contributed by atoms with Gasteiger partial charge in [0.25, 0.3) is 0 Å². The molecule has 0 unspecified atom stereocenters. The quantitative estimate of drug-likeness (QED) is 0.728.